The molecule has 2 aromatic rings. The second-order valence-electron chi connectivity index (χ2n) is 3.67. The highest BCUT2D eigenvalue weighted by Crippen LogP contribution is 2.24. The smallest absolute Gasteiger partial charge is 0.321 e. The van der Waals surface area contributed by atoms with Crippen LogP contribution in [0.3, 0.4) is 0 Å². The van der Waals surface area contributed by atoms with Crippen LogP contribution in [-0.2, 0) is 0 Å². The monoisotopic (exact) mass is 215 g/mol. The van der Waals surface area contributed by atoms with E-state index in [0.29, 0.717) is 17.4 Å². The van der Waals surface area contributed by atoms with E-state index in [0.717, 1.165) is 11.1 Å². The first kappa shape index (κ1) is 10.4. The van der Waals surface area contributed by atoms with Gasteiger partial charge in [0.1, 0.15) is 5.75 Å². The van der Waals surface area contributed by atoms with Crippen LogP contribution in [0.4, 0.5) is 5.69 Å². The van der Waals surface area contributed by atoms with Crippen molar-refractivity contribution in [1.82, 2.24) is 9.97 Å². The van der Waals surface area contributed by atoms with Crippen LogP contribution in [0.15, 0.2) is 30.6 Å². The van der Waals surface area contributed by atoms with Crippen LogP contribution in [0.5, 0.6) is 11.8 Å². The predicted octanol–water partition coefficient (Wildman–Crippen LogP) is 2.47. The Hall–Kier alpha value is -2.10. The molecule has 0 aliphatic heterocycles. The molecule has 0 atom stereocenters. The van der Waals surface area contributed by atoms with Gasteiger partial charge in [-0.05, 0) is 31.0 Å². The van der Waals surface area contributed by atoms with E-state index in [2.05, 4.69) is 9.97 Å². The Kier molecular flexibility index (Phi) is 2.72. The fraction of sp³-hybridized carbons (Fsp3) is 0.167. The summed E-state index contributed by atoms with van der Waals surface area (Å²) in [5.74, 6) is 0.684. The summed E-state index contributed by atoms with van der Waals surface area (Å²) >= 11 is 0. The summed E-state index contributed by atoms with van der Waals surface area (Å²) in [6.45, 7) is 3.87. The van der Waals surface area contributed by atoms with Gasteiger partial charge in [0.2, 0.25) is 0 Å². The molecule has 0 aliphatic rings. The Labute approximate surface area is 94.1 Å². The second-order valence-corrected chi connectivity index (χ2v) is 3.67. The molecule has 2 rings (SSSR count). The first-order valence-corrected chi connectivity index (χ1v) is 4.98. The molecule has 1 heterocycles. The van der Waals surface area contributed by atoms with Crippen molar-refractivity contribution in [3.05, 3.63) is 41.7 Å². The minimum atomic E-state index is 0.333. The highest BCUT2D eigenvalue weighted by molar-refractivity contribution is 5.48. The Morgan fingerprint density at radius 2 is 1.81 bits per heavy atom. The maximum atomic E-state index is 5.68. The third kappa shape index (κ3) is 2.28. The van der Waals surface area contributed by atoms with Gasteiger partial charge in [0.15, 0.2) is 0 Å². The zero-order valence-corrected chi connectivity index (χ0v) is 9.27. The standard InChI is InChI=1S/C12H13N3O/c1-8-6-14-12(15-7-8)16-11-5-10(13)4-3-9(11)2/h3-7H,13H2,1-2H3. The number of nitrogen functional groups attached to an aromatic ring is 1. The van der Waals surface area contributed by atoms with Crippen molar-refractivity contribution in [2.75, 3.05) is 5.73 Å². The molecule has 1 aromatic carbocycles. The average molecular weight is 215 g/mol. The van der Waals surface area contributed by atoms with E-state index >= 15 is 0 Å². The van der Waals surface area contributed by atoms with Crippen LogP contribution in [0.2, 0.25) is 0 Å². The van der Waals surface area contributed by atoms with Gasteiger partial charge >= 0.3 is 6.01 Å². The summed E-state index contributed by atoms with van der Waals surface area (Å²) < 4.78 is 5.54. The van der Waals surface area contributed by atoms with Gasteiger partial charge in [0, 0.05) is 24.1 Å². The van der Waals surface area contributed by atoms with Crippen molar-refractivity contribution < 1.29 is 4.74 Å². The number of anilines is 1. The molecular weight excluding hydrogens is 202 g/mol. The number of aryl methyl sites for hydroxylation is 2. The molecule has 0 spiro atoms. The van der Waals surface area contributed by atoms with Gasteiger partial charge < -0.3 is 10.5 Å². The van der Waals surface area contributed by atoms with Gasteiger partial charge in [-0.2, -0.15) is 0 Å². The van der Waals surface area contributed by atoms with Crippen LogP contribution in [0.25, 0.3) is 0 Å². The van der Waals surface area contributed by atoms with E-state index in [1.165, 1.54) is 0 Å². The number of aromatic nitrogens is 2. The highest BCUT2D eigenvalue weighted by Gasteiger charge is 2.03. The maximum absolute atomic E-state index is 5.68. The van der Waals surface area contributed by atoms with Gasteiger partial charge in [-0.15, -0.1) is 0 Å². The summed E-state index contributed by atoms with van der Waals surface area (Å²) in [6, 6.07) is 5.83. The van der Waals surface area contributed by atoms with E-state index in [1.54, 1.807) is 18.5 Å². The lowest BCUT2D eigenvalue weighted by molar-refractivity contribution is 0.438. The van der Waals surface area contributed by atoms with E-state index < -0.39 is 0 Å². The summed E-state index contributed by atoms with van der Waals surface area (Å²) in [7, 11) is 0. The fourth-order valence-corrected chi connectivity index (χ4v) is 1.26. The van der Waals surface area contributed by atoms with Crippen molar-refractivity contribution >= 4 is 5.69 Å². The van der Waals surface area contributed by atoms with Gasteiger partial charge in [0.25, 0.3) is 0 Å². The first-order valence-electron chi connectivity index (χ1n) is 4.98. The molecule has 0 amide bonds. The second kappa shape index (κ2) is 4.18. The molecule has 0 saturated heterocycles. The summed E-state index contributed by atoms with van der Waals surface area (Å²) in [5.41, 5.74) is 8.34. The largest absolute Gasteiger partial charge is 0.424 e. The molecule has 0 bridgehead atoms. The lowest BCUT2D eigenvalue weighted by Crippen LogP contribution is -1.95. The van der Waals surface area contributed by atoms with E-state index in [-0.39, 0.29) is 0 Å². The number of benzene rings is 1. The molecule has 2 N–H and O–H groups in total. The number of hydrogen-bond acceptors (Lipinski definition) is 4. The SMILES string of the molecule is Cc1cnc(Oc2cc(N)ccc2C)nc1. The zero-order valence-electron chi connectivity index (χ0n) is 9.27. The average Bonchev–Trinajstić information content (AvgIpc) is 2.27. The molecule has 1 aromatic heterocycles. The number of rotatable bonds is 2. The maximum Gasteiger partial charge on any atom is 0.321 e. The number of nitrogens with two attached hydrogens (primary N) is 1. The topological polar surface area (TPSA) is 61.0 Å². The van der Waals surface area contributed by atoms with Crippen molar-refractivity contribution in [2.45, 2.75) is 13.8 Å². The summed E-state index contributed by atoms with van der Waals surface area (Å²) in [4.78, 5) is 8.14. The van der Waals surface area contributed by atoms with E-state index in [1.807, 2.05) is 26.0 Å². The van der Waals surface area contributed by atoms with Crippen molar-refractivity contribution in [3.63, 3.8) is 0 Å². The molecule has 0 aliphatic carbocycles. The number of ether oxygens (including phenoxy) is 1. The Balaban J connectivity index is 2.26. The molecule has 4 heteroatoms. The van der Waals surface area contributed by atoms with Crippen LogP contribution >= 0.6 is 0 Å². The summed E-state index contributed by atoms with van der Waals surface area (Å²) in [5, 5.41) is 0. The van der Waals surface area contributed by atoms with E-state index in [9.17, 15) is 0 Å². The third-order valence-corrected chi connectivity index (χ3v) is 2.17. The lowest BCUT2D eigenvalue weighted by atomic mass is 10.2. The molecule has 0 saturated carbocycles. The molecule has 0 fully saturated rings. The third-order valence-electron chi connectivity index (χ3n) is 2.17. The van der Waals surface area contributed by atoms with Crippen molar-refractivity contribution in [2.24, 2.45) is 0 Å². The van der Waals surface area contributed by atoms with Gasteiger partial charge in [-0.3, -0.25) is 0 Å². The quantitative estimate of drug-likeness (QED) is 0.782. The first-order chi connectivity index (χ1) is 7.65. The van der Waals surface area contributed by atoms with Crippen LogP contribution < -0.4 is 10.5 Å². The Bertz CT molecular complexity index is 494. The molecule has 0 unspecified atom stereocenters. The van der Waals surface area contributed by atoms with Crippen LogP contribution in [0, 0.1) is 13.8 Å². The van der Waals surface area contributed by atoms with Crippen molar-refractivity contribution in [1.29, 1.82) is 0 Å². The zero-order chi connectivity index (χ0) is 11.5. The van der Waals surface area contributed by atoms with Crippen molar-refractivity contribution in [3.8, 4) is 11.8 Å². The molecule has 82 valence electrons. The highest BCUT2D eigenvalue weighted by atomic mass is 16.5. The molecular formula is C12H13N3O. The number of hydrogen-bond donors (Lipinski definition) is 1. The summed E-state index contributed by atoms with van der Waals surface area (Å²) in [6.07, 6.45) is 3.42. The lowest BCUT2D eigenvalue weighted by Gasteiger charge is -2.07. The minimum Gasteiger partial charge on any atom is -0.424 e. The van der Waals surface area contributed by atoms with Gasteiger partial charge in [0.05, 0.1) is 0 Å². The normalized spacial score (nSPS) is 10.1. The molecule has 16 heavy (non-hydrogen) atoms. The van der Waals surface area contributed by atoms with Crippen LogP contribution in [0.1, 0.15) is 11.1 Å². The Morgan fingerprint density at radius 1 is 1.12 bits per heavy atom. The van der Waals surface area contributed by atoms with Crippen LogP contribution in [-0.4, -0.2) is 9.97 Å². The van der Waals surface area contributed by atoms with Gasteiger partial charge in [-0.25, -0.2) is 9.97 Å². The Morgan fingerprint density at radius 3 is 2.50 bits per heavy atom. The van der Waals surface area contributed by atoms with E-state index in [4.69, 9.17) is 10.5 Å². The molecule has 4 nitrogen and oxygen atoms in total. The van der Waals surface area contributed by atoms with Gasteiger partial charge in [-0.1, -0.05) is 6.07 Å². The fourth-order valence-electron chi connectivity index (χ4n) is 1.26. The number of nitrogens with zero attached hydrogens (tertiary/aromatic N) is 2. The molecule has 0 radical (unpaired) electrons. The predicted molar refractivity (Wildman–Crippen MR) is 62.4 cm³/mol. The minimum absolute atomic E-state index is 0.333.